The van der Waals surface area contributed by atoms with Crippen LogP contribution in [-0.4, -0.2) is 41.4 Å². The fourth-order valence-electron chi connectivity index (χ4n) is 3.58. The maximum atomic E-state index is 11.5. The number of sulfone groups is 1. The number of fused-ring (bicyclic) bond motifs is 3. The molecule has 0 fully saturated rings. The molecule has 6 nitrogen and oxygen atoms in total. The van der Waals surface area contributed by atoms with Crippen molar-refractivity contribution in [1.29, 1.82) is 0 Å². The Morgan fingerprint density at radius 2 is 2.07 bits per heavy atom. The molecule has 0 spiro atoms. The Morgan fingerprint density at radius 1 is 1.25 bits per heavy atom. The van der Waals surface area contributed by atoms with Crippen LogP contribution in [0.15, 0.2) is 24.5 Å². The summed E-state index contributed by atoms with van der Waals surface area (Å²) in [7, 11) is -2.99. The van der Waals surface area contributed by atoms with Crippen molar-refractivity contribution in [1.82, 2.24) is 15.0 Å². The topological polar surface area (TPSA) is 84.8 Å². The summed E-state index contributed by atoms with van der Waals surface area (Å²) in [4.78, 5) is 16.3. The maximum Gasteiger partial charge on any atom is 0.164 e. The molecule has 8 heteroatoms. The Bertz CT molecular complexity index is 1090. The third kappa shape index (κ3) is 4.17. The van der Waals surface area contributed by atoms with E-state index < -0.39 is 9.84 Å². The highest BCUT2D eigenvalue weighted by atomic mass is 32.2. The van der Waals surface area contributed by atoms with Gasteiger partial charge in [0.05, 0.1) is 11.1 Å². The summed E-state index contributed by atoms with van der Waals surface area (Å²) < 4.78 is 23.1. The van der Waals surface area contributed by atoms with E-state index in [1.165, 1.54) is 29.5 Å². The molecule has 148 valence electrons. The molecule has 4 rings (SSSR count). The quantitative estimate of drug-likeness (QED) is 0.657. The van der Waals surface area contributed by atoms with E-state index >= 15 is 0 Å². The van der Waals surface area contributed by atoms with Crippen molar-refractivity contribution in [2.45, 2.75) is 45.1 Å². The Balaban J connectivity index is 1.76. The zero-order chi connectivity index (χ0) is 19.7. The predicted molar refractivity (Wildman–Crippen MR) is 115 cm³/mol. The van der Waals surface area contributed by atoms with Crippen molar-refractivity contribution >= 4 is 37.2 Å². The number of aryl methyl sites for hydroxylation is 2. The van der Waals surface area contributed by atoms with Gasteiger partial charge in [0.2, 0.25) is 0 Å². The second-order valence-corrected chi connectivity index (χ2v) is 10.8. The van der Waals surface area contributed by atoms with Crippen molar-refractivity contribution in [2.75, 3.05) is 17.3 Å². The number of thiophene rings is 1. The first-order chi connectivity index (χ1) is 13.4. The second-order valence-electron chi connectivity index (χ2n) is 7.49. The molecule has 1 aliphatic rings. The van der Waals surface area contributed by atoms with Gasteiger partial charge in [-0.05, 0) is 56.7 Å². The first kappa shape index (κ1) is 19.3. The molecule has 3 heterocycles. The van der Waals surface area contributed by atoms with E-state index in [0.29, 0.717) is 12.2 Å². The average Bonchev–Trinajstić information content (AvgIpc) is 3.05. The summed E-state index contributed by atoms with van der Waals surface area (Å²) in [5.74, 6) is 1.62. The van der Waals surface area contributed by atoms with Crippen LogP contribution in [0.2, 0.25) is 0 Å². The highest BCUT2D eigenvalue weighted by Gasteiger charge is 2.22. The van der Waals surface area contributed by atoms with Crippen molar-refractivity contribution in [3.8, 4) is 11.4 Å². The molecule has 28 heavy (non-hydrogen) atoms. The van der Waals surface area contributed by atoms with Gasteiger partial charge in [-0.1, -0.05) is 0 Å². The number of pyridine rings is 1. The molecule has 0 bridgehead atoms. The first-order valence-corrected chi connectivity index (χ1v) is 12.5. The van der Waals surface area contributed by atoms with E-state index in [4.69, 9.17) is 9.97 Å². The lowest BCUT2D eigenvalue weighted by Gasteiger charge is -2.17. The smallest absolute Gasteiger partial charge is 0.164 e. The Labute approximate surface area is 169 Å². The molecule has 0 amide bonds. The van der Waals surface area contributed by atoms with Crippen molar-refractivity contribution < 1.29 is 8.42 Å². The molecule has 3 aromatic rings. The van der Waals surface area contributed by atoms with Gasteiger partial charge in [-0.15, -0.1) is 11.3 Å². The van der Waals surface area contributed by atoms with Gasteiger partial charge in [-0.2, -0.15) is 0 Å². The molecule has 0 aliphatic heterocycles. The number of nitrogens with one attached hydrogen (secondary N) is 1. The van der Waals surface area contributed by atoms with E-state index in [1.54, 1.807) is 23.7 Å². The van der Waals surface area contributed by atoms with Gasteiger partial charge in [-0.3, -0.25) is 4.98 Å². The van der Waals surface area contributed by atoms with E-state index in [9.17, 15) is 8.42 Å². The summed E-state index contributed by atoms with van der Waals surface area (Å²) in [6.45, 7) is 2.00. The standard InChI is InChI=1S/C20H24N4O2S2/c1-13(9-11-28(2,25)26)22-19-17-15-7-3-4-8-16(15)27-20(17)24-18(23-19)14-6-5-10-21-12-14/h5-6,10,12-13H,3-4,7-9,11H2,1-2H3,(H,22,23,24). The highest BCUT2D eigenvalue weighted by Crippen LogP contribution is 2.39. The Morgan fingerprint density at radius 3 is 2.82 bits per heavy atom. The van der Waals surface area contributed by atoms with Crippen molar-refractivity contribution in [3.05, 3.63) is 35.0 Å². The summed E-state index contributed by atoms with van der Waals surface area (Å²) in [5, 5.41) is 4.58. The van der Waals surface area contributed by atoms with Crippen LogP contribution in [-0.2, 0) is 22.7 Å². The van der Waals surface area contributed by atoms with Gasteiger partial charge < -0.3 is 5.32 Å². The van der Waals surface area contributed by atoms with Crippen LogP contribution < -0.4 is 5.32 Å². The molecular formula is C20H24N4O2S2. The van der Waals surface area contributed by atoms with Gasteiger partial charge in [0.25, 0.3) is 0 Å². The lowest BCUT2D eigenvalue weighted by molar-refractivity contribution is 0.595. The van der Waals surface area contributed by atoms with Crippen LogP contribution >= 0.6 is 11.3 Å². The lowest BCUT2D eigenvalue weighted by Crippen LogP contribution is -2.20. The molecule has 1 aliphatic carbocycles. The van der Waals surface area contributed by atoms with Gasteiger partial charge in [0.15, 0.2) is 5.82 Å². The van der Waals surface area contributed by atoms with Crippen LogP contribution in [0.5, 0.6) is 0 Å². The zero-order valence-corrected chi connectivity index (χ0v) is 17.7. The predicted octanol–water partition coefficient (Wildman–Crippen LogP) is 3.87. The van der Waals surface area contributed by atoms with E-state index in [1.807, 2.05) is 19.1 Å². The first-order valence-electron chi connectivity index (χ1n) is 9.57. The largest absolute Gasteiger partial charge is 0.367 e. The van der Waals surface area contributed by atoms with E-state index in [-0.39, 0.29) is 11.8 Å². The summed E-state index contributed by atoms with van der Waals surface area (Å²) >= 11 is 1.76. The van der Waals surface area contributed by atoms with Gasteiger partial charge >= 0.3 is 0 Å². The zero-order valence-electron chi connectivity index (χ0n) is 16.1. The number of anilines is 1. The molecule has 1 N–H and O–H groups in total. The Kier molecular flexibility index (Phi) is 5.33. The normalized spacial score (nSPS) is 15.4. The number of rotatable bonds is 6. The van der Waals surface area contributed by atoms with Crippen LogP contribution in [0.4, 0.5) is 5.82 Å². The van der Waals surface area contributed by atoms with Crippen LogP contribution in [0.1, 0.15) is 36.6 Å². The van der Waals surface area contributed by atoms with E-state index in [2.05, 4.69) is 10.3 Å². The molecule has 0 aromatic carbocycles. The fourth-order valence-corrected chi connectivity index (χ4v) is 5.63. The molecule has 3 aromatic heterocycles. The minimum atomic E-state index is -2.99. The summed E-state index contributed by atoms with van der Waals surface area (Å²) in [6, 6.07) is 3.83. The SMILES string of the molecule is CC(CCS(C)(=O)=O)Nc1nc(-c2cccnc2)nc2sc3c(c12)CCCC3. The number of hydrogen-bond acceptors (Lipinski definition) is 7. The number of aromatic nitrogens is 3. The lowest BCUT2D eigenvalue weighted by atomic mass is 9.97. The van der Waals surface area contributed by atoms with Crippen LogP contribution in [0.25, 0.3) is 21.6 Å². The molecule has 0 saturated carbocycles. The van der Waals surface area contributed by atoms with Crippen LogP contribution in [0, 0.1) is 0 Å². The second kappa shape index (κ2) is 7.75. The molecule has 1 atom stereocenters. The van der Waals surface area contributed by atoms with E-state index in [0.717, 1.165) is 34.4 Å². The highest BCUT2D eigenvalue weighted by molar-refractivity contribution is 7.90. The molecular weight excluding hydrogens is 392 g/mol. The third-order valence-electron chi connectivity index (χ3n) is 5.04. The molecule has 0 saturated heterocycles. The third-order valence-corrected chi connectivity index (χ3v) is 7.20. The van der Waals surface area contributed by atoms with Crippen molar-refractivity contribution in [2.24, 2.45) is 0 Å². The van der Waals surface area contributed by atoms with Gasteiger partial charge in [0.1, 0.15) is 20.5 Å². The number of nitrogens with zero attached hydrogens (tertiary/aromatic N) is 3. The Hall–Kier alpha value is -2.06. The fraction of sp³-hybridized carbons (Fsp3) is 0.450. The molecule has 1 unspecified atom stereocenters. The van der Waals surface area contributed by atoms with Crippen LogP contribution in [0.3, 0.4) is 0 Å². The maximum absolute atomic E-state index is 11.5. The van der Waals surface area contributed by atoms with Crippen molar-refractivity contribution in [3.63, 3.8) is 0 Å². The monoisotopic (exact) mass is 416 g/mol. The van der Waals surface area contributed by atoms with Gasteiger partial charge in [0, 0.05) is 35.1 Å². The average molecular weight is 417 g/mol. The molecule has 0 radical (unpaired) electrons. The minimum absolute atomic E-state index is 0.00582. The minimum Gasteiger partial charge on any atom is -0.367 e. The summed E-state index contributed by atoms with van der Waals surface area (Å²) in [5.41, 5.74) is 2.24. The number of hydrogen-bond donors (Lipinski definition) is 1. The summed E-state index contributed by atoms with van der Waals surface area (Å²) in [6.07, 6.45) is 9.88. The van der Waals surface area contributed by atoms with Gasteiger partial charge in [-0.25, -0.2) is 18.4 Å².